The predicted octanol–water partition coefficient (Wildman–Crippen LogP) is 4.05. The molecule has 0 saturated heterocycles. The summed E-state index contributed by atoms with van der Waals surface area (Å²) in [5.41, 5.74) is -0.847. The van der Waals surface area contributed by atoms with Crippen LogP contribution in [0.3, 0.4) is 0 Å². The molecule has 0 atom stereocenters. The highest BCUT2D eigenvalue weighted by atomic mass is 19.4. The zero-order chi connectivity index (χ0) is 17.6. The molecule has 4 nitrogen and oxygen atoms in total. The van der Waals surface area contributed by atoms with Crippen molar-refractivity contribution < 1.29 is 27.1 Å². The van der Waals surface area contributed by atoms with Gasteiger partial charge in [-0.3, -0.25) is 0 Å². The molecule has 0 radical (unpaired) electrons. The number of nitrogens with one attached hydrogen (secondary N) is 2. The second kappa shape index (κ2) is 7.67. The molecule has 0 unspecified atom stereocenters. The zero-order valence-electron chi connectivity index (χ0n) is 12.4. The summed E-state index contributed by atoms with van der Waals surface area (Å²) in [7, 11) is 0. The van der Waals surface area contributed by atoms with Crippen molar-refractivity contribution in [1.82, 2.24) is 5.32 Å². The number of para-hydroxylation sites is 1. The van der Waals surface area contributed by atoms with Gasteiger partial charge in [-0.15, -0.1) is 0 Å². The van der Waals surface area contributed by atoms with Crippen molar-refractivity contribution >= 4 is 11.7 Å². The number of anilines is 1. The summed E-state index contributed by atoms with van der Waals surface area (Å²) in [6.07, 6.45) is -4.48. The van der Waals surface area contributed by atoms with Crippen LogP contribution in [-0.2, 0) is 6.18 Å². The van der Waals surface area contributed by atoms with Gasteiger partial charge in [0, 0.05) is 5.69 Å². The van der Waals surface area contributed by atoms with Crippen LogP contribution in [0.1, 0.15) is 5.56 Å². The molecule has 0 aliphatic heterocycles. The Morgan fingerprint density at radius 3 is 2.54 bits per heavy atom. The third-order valence-electron chi connectivity index (χ3n) is 2.93. The molecule has 0 aromatic heterocycles. The van der Waals surface area contributed by atoms with Crippen molar-refractivity contribution in [3.8, 4) is 5.75 Å². The van der Waals surface area contributed by atoms with E-state index in [1.54, 1.807) is 6.07 Å². The summed E-state index contributed by atoms with van der Waals surface area (Å²) >= 11 is 0. The molecular weight excluding hydrogens is 328 g/mol. The van der Waals surface area contributed by atoms with Gasteiger partial charge in [0.2, 0.25) is 0 Å². The number of rotatable bonds is 5. The lowest BCUT2D eigenvalue weighted by Crippen LogP contribution is -2.32. The zero-order valence-corrected chi connectivity index (χ0v) is 12.4. The van der Waals surface area contributed by atoms with Crippen molar-refractivity contribution in [2.45, 2.75) is 6.18 Å². The second-order valence-electron chi connectivity index (χ2n) is 4.74. The Bertz CT molecular complexity index is 704. The van der Waals surface area contributed by atoms with Crippen LogP contribution < -0.4 is 15.4 Å². The molecular formula is C16H14F4N2O2. The number of halogens is 4. The number of carbonyl (C=O) groups excluding carboxylic acids is 1. The second-order valence-corrected chi connectivity index (χ2v) is 4.74. The van der Waals surface area contributed by atoms with Gasteiger partial charge in [-0.05, 0) is 30.3 Å². The van der Waals surface area contributed by atoms with Crippen molar-refractivity contribution in [1.29, 1.82) is 0 Å². The standard InChI is InChI=1S/C16H14F4N2O2/c17-13-6-1-2-7-14(13)24-9-8-21-15(23)22-12-5-3-4-11(10-12)16(18,19)20/h1-7,10H,8-9H2,(H2,21,22,23). The molecule has 2 rings (SSSR count). The summed E-state index contributed by atoms with van der Waals surface area (Å²) in [5.74, 6) is -0.469. The normalized spacial score (nSPS) is 11.0. The first-order valence-corrected chi connectivity index (χ1v) is 6.96. The molecule has 0 heterocycles. The van der Waals surface area contributed by atoms with E-state index in [0.717, 1.165) is 12.1 Å². The molecule has 2 N–H and O–H groups in total. The molecule has 2 aromatic rings. The van der Waals surface area contributed by atoms with Gasteiger partial charge < -0.3 is 15.4 Å². The monoisotopic (exact) mass is 342 g/mol. The number of hydrogen-bond acceptors (Lipinski definition) is 2. The van der Waals surface area contributed by atoms with Crippen LogP contribution in [0, 0.1) is 5.82 Å². The number of carbonyl (C=O) groups is 1. The van der Waals surface area contributed by atoms with E-state index in [-0.39, 0.29) is 24.6 Å². The van der Waals surface area contributed by atoms with Gasteiger partial charge >= 0.3 is 12.2 Å². The first kappa shape index (κ1) is 17.6. The van der Waals surface area contributed by atoms with Crippen LogP contribution in [0.2, 0.25) is 0 Å². The number of alkyl halides is 3. The molecule has 0 aliphatic rings. The lowest BCUT2D eigenvalue weighted by molar-refractivity contribution is -0.137. The molecule has 0 spiro atoms. The molecule has 2 amide bonds. The maximum atomic E-state index is 13.3. The van der Waals surface area contributed by atoms with Crippen molar-refractivity contribution in [2.75, 3.05) is 18.5 Å². The van der Waals surface area contributed by atoms with Crippen molar-refractivity contribution in [3.05, 3.63) is 59.9 Å². The summed E-state index contributed by atoms with van der Waals surface area (Å²) in [6.45, 7) is 0.0655. The Kier molecular flexibility index (Phi) is 5.62. The van der Waals surface area contributed by atoms with E-state index < -0.39 is 23.6 Å². The fraction of sp³-hybridized carbons (Fsp3) is 0.188. The van der Waals surface area contributed by atoms with Gasteiger partial charge in [0.15, 0.2) is 11.6 Å². The highest BCUT2D eigenvalue weighted by Gasteiger charge is 2.30. The van der Waals surface area contributed by atoms with Crippen LogP contribution in [0.5, 0.6) is 5.75 Å². The Hall–Kier alpha value is -2.77. The SMILES string of the molecule is O=C(NCCOc1ccccc1F)Nc1cccc(C(F)(F)F)c1. The maximum absolute atomic E-state index is 13.3. The third kappa shape index (κ3) is 5.15. The smallest absolute Gasteiger partial charge is 0.416 e. The Morgan fingerprint density at radius 2 is 1.83 bits per heavy atom. The quantitative estimate of drug-likeness (QED) is 0.636. The average Bonchev–Trinajstić information content (AvgIpc) is 2.52. The molecule has 0 bridgehead atoms. The third-order valence-corrected chi connectivity index (χ3v) is 2.93. The van der Waals surface area contributed by atoms with E-state index in [1.165, 1.54) is 30.3 Å². The Morgan fingerprint density at radius 1 is 1.08 bits per heavy atom. The predicted molar refractivity (Wildman–Crippen MR) is 80.4 cm³/mol. The first-order valence-electron chi connectivity index (χ1n) is 6.96. The summed E-state index contributed by atoms with van der Waals surface area (Å²) in [5, 5.41) is 4.69. The minimum absolute atomic E-state index is 0.0109. The maximum Gasteiger partial charge on any atom is 0.416 e. The molecule has 128 valence electrons. The summed E-state index contributed by atoms with van der Waals surface area (Å²) < 4.78 is 56.1. The number of amides is 2. The highest BCUT2D eigenvalue weighted by Crippen LogP contribution is 2.30. The van der Waals surface area contributed by atoms with Crippen LogP contribution in [-0.4, -0.2) is 19.2 Å². The van der Waals surface area contributed by atoms with Gasteiger partial charge in [0.1, 0.15) is 6.61 Å². The van der Waals surface area contributed by atoms with Gasteiger partial charge in [-0.1, -0.05) is 18.2 Å². The van der Waals surface area contributed by atoms with Gasteiger partial charge in [-0.2, -0.15) is 13.2 Å². The fourth-order valence-electron chi connectivity index (χ4n) is 1.84. The highest BCUT2D eigenvalue weighted by molar-refractivity contribution is 5.89. The summed E-state index contributed by atoms with van der Waals surface area (Å²) in [6, 6.07) is 9.38. The van der Waals surface area contributed by atoms with E-state index in [9.17, 15) is 22.4 Å². The molecule has 2 aromatic carbocycles. The molecule has 24 heavy (non-hydrogen) atoms. The average molecular weight is 342 g/mol. The molecule has 0 saturated carbocycles. The van der Waals surface area contributed by atoms with E-state index in [2.05, 4.69) is 10.6 Å². The number of hydrogen-bond donors (Lipinski definition) is 2. The molecule has 8 heteroatoms. The van der Waals surface area contributed by atoms with E-state index in [0.29, 0.717) is 0 Å². The number of benzene rings is 2. The lowest BCUT2D eigenvalue weighted by Gasteiger charge is -2.11. The van der Waals surface area contributed by atoms with E-state index in [1.807, 2.05) is 0 Å². The van der Waals surface area contributed by atoms with Gasteiger partial charge in [0.25, 0.3) is 0 Å². The van der Waals surface area contributed by atoms with Crippen LogP contribution >= 0.6 is 0 Å². The van der Waals surface area contributed by atoms with Crippen LogP contribution in [0.15, 0.2) is 48.5 Å². The van der Waals surface area contributed by atoms with Crippen LogP contribution in [0.4, 0.5) is 28.0 Å². The van der Waals surface area contributed by atoms with Crippen molar-refractivity contribution in [2.24, 2.45) is 0 Å². The fourth-order valence-corrected chi connectivity index (χ4v) is 1.84. The van der Waals surface area contributed by atoms with Gasteiger partial charge in [0.05, 0.1) is 12.1 Å². The van der Waals surface area contributed by atoms with Crippen LogP contribution in [0.25, 0.3) is 0 Å². The van der Waals surface area contributed by atoms with E-state index in [4.69, 9.17) is 4.74 Å². The summed E-state index contributed by atoms with van der Waals surface area (Å²) in [4.78, 5) is 11.6. The van der Waals surface area contributed by atoms with Gasteiger partial charge in [-0.25, -0.2) is 9.18 Å². The van der Waals surface area contributed by atoms with E-state index >= 15 is 0 Å². The minimum Gasteiger partial charge on any atom is -0.489 e. The largest absolute Gasteiger partial charge is 0.489 e. The first-order chi connectivity index (χ1) is 11.4. The Balaban J connectivity index is 1.79. The van der Waals surface area contributed by atoms with Crippen molar-refractivity contribution in [3.63, 3.8) is 0 Å². The molecule has 0 fully saturated rings. The number of urea groups is 1. The topological polar surface area (TPSA) is 50.4 Å². The minimum atomic E-state index is -4.48. The Labute approximate surface area is 135 Å². The lowest BCUT2D eigenvalue weighted by atomic mass is 10.2. The molecule has 0 aliphatic carbocycles. The number of ether oxygens (including phenoxy) is 1.